The van der Waals surface area contributed by atoms with Crippen LogP contribution < -0.4 is 16.8 Å². The highest BCUT2D eigenvalue weighted by atomic mass is 16.4. The molecular formula is C12H21N3O7. The summed E-state index contributed by atoms with van der Waals surface area (Å²) in [6, 6.07) is -3.45. The van der Waals surface area contributed by atoms with Crippen LogP contribution in [0.15, 0.2) is 0 Å². The van der Waals surface area contributed by atoms with Crippen molar-refractivity contribution in [3.05, 3.63) is 0 Å². The number of carboxylic acid groups (broad SMARTS) is 3. The molecule has 126 valence electrons. The molecule has 0 unspecified atom stereocenters. The Morgan fingerprint density at radius 1 is 0.864 bits per heavy atom. The molecule has 0 aromatic carbocycles. The largest absolute Gasteiger partial charge is 0.481 e. The molecule has 0 spiro atoms. The summed E-state index contributed by atoms with van der Waals surface area (Å²) in [5.41, 5.74) is 10.8. The van der Waals surface area contributed by atoms with Crippen molar-refractivity contribution in [2.24, 2.45) is 11.5 Å². The highest BCUT2D eigenvalue weighted by Gasteiger charge is 2.24. The summed E-state index contributed by atoms with van der Waals surface area (Å²) >= 11 is 0. The number of hydrogen-bond donors (Lipinski definition) is 6. The van der Waals surface area contributed by atoms with Crippen LogP contribution in [0.25, 0.3) is 0 Å². The summed E-state index contributed by atoms with van der Waals surface area (Å²) in [5.74, 6) is -4.36. The van der Waals surface area contributed by atoms with Crippen molar-refractivity contribution in [2.45, 2.75) is 50.2 Å². The Bertz CT molecular complexity index is 427. The lowest BCUT2D eigenvalue weighted by atomic mass is 10.0. The van der Waals surface area contributed by atoms with Crippen molar-refractivity contribution in [1.82, 2.24) is 5.32 Å². The van der Waals surface area contributed by atoms with Gasteiger partial charge in [0.15, 0.2) is 0 Å². The number of nitrogens with two attached hydrogens (primary N) is 2. The first-order valence-electron chi connectivity index (χ1n) is 6.64. The molecule has 0 aromatic rings. The molecule has 0 aliphatic heterocycles. The first kappa shape index (κ1) is 19.8. The van der Waals surface area contributed by atoms with Gasteiger partial charge in [-0.2, -0.15) is 0 Å². The van der Waals surface area contributed by atoms with Crippen LogP contribution in [-0.2, 0) is 19.2 Å². The zero-order chi connectivity index (χ0) is 17.3. The van der Waals surface area contributed by atoms with E-state index in [-0.39, 0.29) is 32.1 Å². The lowest BCUT2D eigenvalue weighted by Gasteiger charge is -2.17. The third-order valence-electron chi connectivity index (χ3n) is 2.95. The van der Waals surface area contributed by atoms with E-state index in [1.807, 2.05) is 0 Å². The Balaban J connectivity index is 4.34. The Hall–Kier alpha value is -2.20. The zero-order valence-corrected chi connectivity index (χ0v) is 11.9. The molecule has 0 rings (SSSR count). The smallest absolute Gasteiger partial charge is 0.326 e. The fraction of sp³-hybridized carbons (Fsp3) is 0.667. The Kier molecular flexibility index (Phi) is 8.72. The van der Waals surface area contributed by atoms with Crippen LogP contribution in [-0.4, -0.2) is 57.3 Å². The van der Waals surface area contributed by atoms with Crippen LogP contribution >= 0.6 is 0 Å². The summed E-state index contributed by atoms with van der Waals surface area (Å²) in [5, 5.41) is 28.3. The highest BCUT2D eigenvalue weighted by molar-refractivity contribution is 5.87. The third kappa shape index (κ3) is 8.17. The van der Waals surface area contributed by atoms with Crippen LogP contribution in [0.1, 0.15) is 32.1 Å². The van der Waals surface area contributed by atoms with Crippen molar-refractivity contribution in [3.8, 4) is 0 Å². The van der Waals surface area contributed by atoms with Gasteiger partial charge >= 0.3 is 17.9 Å². The topological polar surface area (TPSA) is 193 Å². The maximum absolute atomic E-state index is 11.7. The predicted octanol–water partition coefficient (Wildman–Crippen LogP) is -1.67. The van der Waals surface area contributed by atoms with E-state index in [0.29, 0.717) is 0 Å². The molecule has 0 bridgehead atoms. The SMILES string of the molecule is N[C@H](CCC[C@H](NC(=O)[C@@H](N)CCC(=O)O)C(=O)O)C(=O)O. The van der Waals surface area contributed by atoms with Gasteiger partial charge in [-0.05, 0) is 25.7 Å². The van der Waals surface area contributed by atoms with Gasteiger partial charge in [0, 0.05) is 6.42 Å². The van der Waals surface area contributed by atoms with Crippen LogP contribution in [0.2, 0.25) is 0 Å². The zero-order valence-electron chi connectivity index (χ0n) is 11.9. The molecule has 8 N–H and O–H groups in total. The van der Waals surface area contributed by atoms with Gasteiger partial charge in [0.05, 0.1) is 6.04 Å². The van der Waals surface area contributed by atoms with Crippen LogP contribution in [0.4, 0.5) is 0 Å². The average Bonchev–Trinajstić information content (AvgIpc) is 2.42. The van der Waals surface area contributed by atoms with Gasteiger partial charge in [-0.25, -0.2) is 4.79 Å². The summed E-state index contributed by atoms with van der Waals surface area (Å²) in [4.78, 5) is 43.6. The molecule has 22 heavy (non-hydrogen) atoms. The Morgan fingerprint density at radius 2 is 1.45 bits per heavy atom. The number of rotatable bonds is 11. The fourth-order valence-electron chi connectivity index (χ4n) is 1.61. The minimum absolute atomic E-state index is 0.00625. The Morgan fingerprint density at radius 3 is 1.91 bits per heavy atom. The molecule has 0 saturated carbocycles. The summed E-state index contributed by atoms with van der Waals surface area (Å²) in [7, 11) is 0. The van der Waals surface area contributed by atoms with E-state index in [2.05, 4.69) is 5.32 Å². The van der Waals surface area contributed by atoms with Crippen molar-refractivity contribution >= 4 is 23.8 Å². The van der Waals surface area contributed by atoms with Gasteiger partial charge < -0.3 is 32.1 Å². The van der Waals surface area contributed by atoms with Gasteiger partial charge in [-0.15, -0.1) is 0 Å². The predicted molar refractivity (Wildman–Crippen MR) is 73.9 cm³/mol. The molecule has 0 fully saturated rings. The first-order chi connectivity index (χ1) is 10.1. The average molecular weight is 319 g/mol. The molecule has 3 atom stereocenters. The minimum atomic E-state index is -1.29. The Labute approximate surface area is 126 Å². The molecular weight excluding hydrogens is 298 g/mol. The lowest BCUT2D eigenvalue weighted by Crippen LogP contribution is -2.48. The van der Waals surface area contributed by atoms with Gasteiger partial charge in [0.25, 0.3) is 0 Å². The van der Waals surface area contributed by atoms with E-state index in [1.54, 1.807) is 0 Å². The van der Waals surface area contributed by atoms with Crippen LogP contribution in [0.5, 0.6) is 0 Å². The van der Waals surface area contributed by atoms with E-state index < -0.39 is 41.9 Å². The van der Waals surface area contributed by atoms with Crippen LogP contribution in [0.3, 0.4) is 0 Å². The number of carbonyl (C=O) groups excluding carboxylic acids is 1. The molecule has 0 radical (unpaired) electrons. The van der Waals surface area contributed by atoms with Gasteiger partial charge in [-0.3, -0.25) is 14.4 Å². The van der Waals surface area contributed by atoms with Gasteiger partial charge in [0.1, 0.15) is 12.1 Å². The second-order valence-electron chi connectivity index (χ2n) is 4.81. The number of hydrogen-bond acceptors (Lipinski definition) is 6. The highest BCUT2D eigenvalue weighted by Crippen LogP contribution is 2.05. The fourth-order valence-corrected chi connectivity index (χ4v) is 1.61. The van der Waals surface area contributed by atoms with Crippen molar-refractivity contribution in [3.63, 3.8) is 0 Å². The summed E-state index contributed by atoms with van der Waals surface area (Å²) in [6.07, 6.45) is -0.167. The van der Waals surface area contributed by atoms with Crippen molar-refractivity contribution in [1.29, 1.82) is 0 Å². The number of carbonyl (C=O) groups is 4. The number of amides is 1. The number of carboxylic acids is 3. The molecule has 1 amide bonds. The van der Waals surface area contributed by atoms with Crippen LogP contribution in [0, 0.1) is 0 Å². The molecule has 0 aliphatic rings. The molecule has 0 heterocycles. The second-order valence-corrected chi connectivity index (χ2v) is 4.81. The standard InChI is InChI=1S/C12H21N3O7/c13-6(4-5-9(16)17)10(18)15-8(12(21)22)3-1-2-7(14)11(19)20/h6-8H,1-5,13-14H2,(H,15,18)(H,16,17)(H,19,20)(H,21,22)/t6-,7+,8-/m0/s1. The summed E-state index contributed by atoms with van der Waals surface area (Å²) in [6.45, 7) is 0. The number of nitrogens with one attached hydrogen (secondary N) is 1. The van der Waals surface area contributed by atoms with E-state index in [1.165, 1.54) is 0 Å². The van der Waals surface area contributed by atoms with Crippen molar-refractivity contribution < 1.29 is 34.5 Å². The maximum Gasteiger partial charge on any atom is 0.326 e. The van der Waals surface area contributed by atoms with E-state index in [0.717, 1.165) is 0 Å². The molecule has 10 heteroatoms. The quantitative estimate of drug-likeness (QED) is 0.258. The lowest BCUT2D eigenvalue weighted by molar-refractivity contribution is -0.142. The van der Waals surface area contributed by atoms with E-state index in [4.69, 9.17) is 26.8 Å². The monoisotopic (exact) mass is 319 g/mol. The molecule has 0 aromatic heterocycles. The van der Waals surface area contributed by atoms with E-state index in [9.17, 15) is 19.2 Å². The van der Waals surface area contributed by atoms with E-state index >= 15 is 0 Å². The second kappa shape index (κ2) is 9.68. The molecule has 0 saturated heterocycles. The maximum atomic E-state index is 11.7. The van der Waals surface area contributed by atoms with Gasteiger partial charge in [0.2, 0.25) is 5.91 Å². The minimum Gasteiger partial charge on any atom is -0.481 e. The molecule has 10 nitrogen and oxygen atoms in total. The van der Waals surface area contributed by atoms with Crippen molar-refractivity contribution in [2.75, 3.05) is 0 Å². The summed E-state index contributed by atoms with van der Waals surface area (Å²) < 4.78 is 0. The molecule has 0 aliphatic carbocycles. The third-order valence-corrected chi connectivity index (χ3v) is 2.95. The number of aliphatic carboxylic acids is 3. The normalized spacial score (nSPS) is 14.6. The first-order valence-corrected chi connectivity index (χ1v) is 6.64. The van der Waals surface area contributed by atoms with Gasteiger partial charge in [-0.1, -0.05) is 0 Å².